The van der Waals surface area contributed by atoms with Gasteiger partial charge in [0.05, 0.1) is 12.7 Å². The third kappa shape index (κ3) is 5.01. The Morgan fingerprint density at radius 2 is 1.95 bits per heavy atom. The summed E-state index contributed by atoms with van der Waals surface area (Å²) < 4.78 is 4.62. The van der Waals surface area contributed by atoms with E-state index in [1.165, 1.54) is 7.11 Å². The maximum absolute atomic E-state index is 11.3. The second-order valence-electron chi connectivity index (χ2n) is 4.60. The van der Waals surface area contributed by atoms with Gasteiger partial charge in [0.25, 0.3) is 0 Å². The summed E-state index contributed by atoms with van der Waals surface area (Å²) in [5, 5.41) is 12.1. The number of ether oxygens (including phenoxy) is 1. The third-order valence-electron chi connectivity index (χ3n) is 3.07. The highest BCUT2D eigenvalue weighted by atomic mass is 16.5. The van der Waals surface area contributed by atoms with Crippen molar-refractivity contribution in [1.82, 2.24) is 5.32 Å². The van der Waals surface area contributed by atoms with E-state index in [1.807, 2.05) is 6.92 Å². The minimum Gasteiger partial charge on any atom is -0.480 e. The average Bonchev–Trinajstić information content (AvgIpc) is 2.46. The summed E-state index contributed by atoms with van der Waals surface area (Å²) >= 11 is 0. The minimum atomic E-state index is -0.829. The Bertz CT molecular complexity index is 442. The monoisotopic (exact) mass is 279 g/mol. The van der Waals surface area contributed by atoms with Gasteiger partial charge in [-0.1, -0.05) is 31.9 Å². The van der Waals surface area contributed by atoms with Crippen LogP contribution >= 0.6 is 0 Å². The molecule has 0 amide bonds. The van der Waals surface area contributed by atoms with Gasteiger partial charge < -0.3 is 15.2 Å². The number of benzene rings is 1. The predicted octanol–water partition coefficient (Wildman–Crippen LogP) is 2.21. The largest absolute Gasteiger partial charge is 0.480 e. The average molecular weight is 279 g/mol. The molecule has 110 valence electrons. The van der Waals surface area contributed by atoms with E-state index >= 15 is 0 Å². The molecule has 0 aromatic heterocycles. The zero-order chi connectivity index (χ0) is 15.0. The summed E-state index contributed by atoms with van der Waals surface area (Å²) in [6.07, 6.45) is 2.47. The molecule has 5 heteroatoms. The van der Waals surface area contributed by atoms with E-state index in [4.69, 9.17) is 5.11 Å². The van der Waals surface area contributed by atoms with Gasteiger partial charge in [-0.3, -0.25) is 4.79 Å². The molecule has 0 saturated heterocycles. The Morgan fingerprint density at radius 3 is 2.45 bits per heavy atom. The van der Waals surface area contributed by atoms with Gasteiger partial charge in [-0.25, -0.2) is 4.79 Å². The number of rotatable bonds is 8. The molecule has 1 aromatic rings. The Kier molecular flexibility index (Phi) is 6.73. The molecule has 2 N–H and O–H groups in total. The van der Waals surface area contributed by atoms with Crippen LogP contribution in [0.2, 0.25) is 0 Å². The zero-order valence-electron chi connectivity index (χ0n) is 11.9. The van der Waals surface area contributed by atoms with Crippen molar-refractivity contribution in [2.75, 3.05) is 7.11 Å². The maximum Gasteiger partial charge on any atom is 0.337 e. The van der Waals surface area contributed by atoms with Crippen molar-refractivity contribution >= 4 is 11.9 Å². The normalized spacial score (nSPS) is 11.9. The maximum atomic E-state index is 11.3. The van der Waals surface area contributed by atoms with E-state index in [-0.39, 0.29) is 5.97 Å². The lowest BCUT2D eigenvalue weighted by molar-refractivity contribution is -0.139. The summed E-state index contributed by atoms with van der Waals surface area (Å²) in [6.45, 7) is 2.49. The molecule has 1 rings (SSSR count). The number of carbonyl (C=O) groups is 2. The van der Waals surface area contributed by atoms with Crippen molar-refractivity contribution in [2.24, 2.45) is 0 Å². The van der Waals surface area contributed by atoms with Crippen molar-refractivity contribution in [3.05, 3.63) is 35.4 Å². The van der Waals surface area contributed by atoms with Gasteiger partial charge in [-0.2, -0.15) is 0 Å². The number of hydrogen-bond donors (Lipinski definition) is 2. The number of nitrogens with one attached hydrogen (secondary N) is 1. The smallest absolute Gasteiger partial charge is 0.337 e. The molecule has 0 aliphatic carbocycles. The fourth-order valence-electron chi connectivity index (χ4n) is 1.84. The van der Waals surface area contributed by atoms with E-state index in [2.05, 4.69) is 10.1 Å². The number of esters is 1. The first-order valence-corrected chi connectivity index (χ1v) is 6.72. The van der Waals surface area contributed by atoms with Gasteiger partial charge in [0.2, 0.25) is 0 Å². The topological polar surface area (TPSA) is 75.6 Å². The van der Waals surface area contributed by atoms with Crippen LogP contribution in [0.15, 0.2) is 24.3 Å². The van der Waals surface area contributed by atoms with E-state index in [0.29, 0.717) is 18.5 Å². The molecular formula is C15H21NO4. The summed E-state index contributed by atoms with van der Waals surface area (Å²) in [5.74, 6) is -1.21. The van der Waals surface area contributed by atoms with Crippen molar-refractivity contribution in [3.63, 3.8) is 0 Å². The van der Waals surface area contributed by atoms with E-state index in [0.717, 1.165) is 18.4 Å². The van der Waals surface area contributed by atoms with Gasteiger partial charge in [0.1, 0.15) is 6.04 Å². The summed E-state index contributed by atoms with van der Waals surface area (Å²) in [6, 6.07) is 6.39. The van der Waals surface area contributed by atoms with Crippen LogP contribution in [0, 0.1) is 0 Å². The Hall–Kier alpha value is -1.88. The molecule has 0 heterocycles. The second-order valence-corrected chi connectivity index (χ2v) is 4.60. The first-order chi connectivity index (χ1) is 9.58. The first kappa shape index (κ1) is 16.2. The lowest BCUT2D eigenvalue weighted by Crippen LogP contribution is -2.36. The van der Waals surface area contributed by atoms with Gasteiger partial charge in [0.15, 0.2) is 0 Å². The molecule has 5 nitrogen and oxygen atoms in total. The van der Waals surface area contributed by atoms with Crippen LogP contribution in [-0.2, 0) is 16.1 Å². The van der Waals surface area contributed by atoms with Crippen molar-refractivity contribution in [3.8, 4) is 0 Å². The molecule has 20 heavy (non-hydrogen) atoms. The highest BCUT2D eigenvalue weighted by Crippen LogP contribution is 2.07. The van der Waals surface area contributed by atoms with E-state index < -0.39 is 12.0 Å². The summed E-state index contributed by atoms with van der Waals surface area (Å²) in [7, 11) is 1.34. The second kappa shape index (κ2) is 8.32. The molecule has 0 fully saturated rings. The molecule has 0 bridgehead atoms. The van der Waals surface area contributed by atoms with E-state index in [1.54, 1.807) is 24.3 Å². The van der Waals surface area contributed by atoms with Crippen molar-refractivity contribution in [2.45, 2.75) is 38.8 Å². The van der Waals surface area contributed by atoms with Crippen molar-refractivity contribution in [1.29, 1.82) is 0 Å². The number of unbranched alkanes of at least 4 members (excludes halogenated alkanes) is 1. The number of carbonyl (C=O) groups excluding carboxylic acids is 1. The van der Waals surface area contributed by atoms with E-state index in [9.17, 15) is 9.59 Å². The molecule has 0 saturated carbocycles. The lowest BCUT2D eigenvalue weighted by Gasteiger charge is -2.14. The SMILES string of the molecule is CCCCC(NCc1ccc(C(=O)OC)cc1)C(=O)O. The minimum absolute atomic E-state index is 0.379. The van der Waals surface area contributed by atoms with Crippen LogP contribution in [0.1, 0.15) is 42.1 Å². The fourth-order valence-corrected chi connectivity index (χ4v) is 1.84. The van der Waals surface area contributed by atoms with Gasteiger partial charge in [0, 0.05) is 6.54 Å². The first-order valence-electron chi connectivity index (χ1n) is 6.72. The predicted molar refractivity (Wildman–Crippen MR) is 75.6 cm³/mol. The lowest BCUT2D eigenvalue weighted by atomic mass is 10.1. The van der Waals surface area contributed by atoms with Crippen LogP contribution < -0.4 is 5.32 Å². The highest BCUT2D eigenvalue weighted by Gasteiger charge is 2.15. The Balaban J connectivity index is 2.55. The molecule has 1 atom stereocenters. The van der Waals surface area contributed by atoms with Crippen LogP contribution in [-0.4, -0.2) is 30.2 Å². The number of methoxy groups -OCH3 is 1. The molecule has 1 aromatic carbocycles. The number of carboxylic acids is 1. The van der Waals surface area contributed by atoms with Crippen LogP contribution in [0.5, 0.6) is 0 Å². The van der Waals surface area contributed by atoms with Gasteiger partial charge in [-0.15, -0.1) is 0 Å². The number of carboxylic acid groups (broad SMARTS) is 1. The quantitative estimate of drug-likeness (QED) is 0.713. The molecule has 0 radical (unpaired) electrons. The number of aliphatic carboxylic acids is 1. The third-order valence-corrected chi connectivity index (χ3v) is 3.07. The van der Waals surface area contributed by atoms with Crippen molar-refractivity contribution < 1.29 is 19.4 Å². The standard InChI is InChI=1S/C15H21NO4/c1-3-4-5-13(14(17)18)16-10-11-6-8-12(9-7-11)15(19)20-2/h6-9,13,16H,3-5,10H2,1-2H3,(H,17,18). The van der Waals surface area contributed by atoms with Crippen LogP contribution in [0.25, 0.3) is 0 Å². The molecule has 1 unspecified atom stereocenters. The van der Waals surface area contributed by atoms with Crippen LogP contribution in [0.3, 0.4) is 0 Å². The molecule has 0 spiro atoms. The Morgan fingerprint density at radius 1 is 1.30 bits per heavy atom. The summed E-state index contributed by atoms with van der Waals surface area (Å²) in [5.41, 5.74) is 1.41. The molecular weight excluding hydrogens is 258 g/mol. The molecule has 0 aliphatic heterocycles. The van der Waals surface area contributed by atoms with Gasteiger partial charge in [-0.05, 0) is 24.1 Å². The number of hydrogen-bond acceptors (Lipinski definition) is 4. The zero-order valence-corrected chi connectivity index (χ0v) is 11.9. The summed E-state index contributed by atoms with van der Waals surface area (Å²) in [4.78, 5) is 22.4. The highest BCUT2D eigenvalue weighted by molar-refractivity contribution is 5.89. The Labute approximate surface area is 118 Å². The van der Waals surface area contributed by atoms with Gasteiger partial charge >= 0.3 is 11.9 Å². The van der Waals surface area contributed by atoms with Crippen LogP contribution in [0.4, 0.5) is 0 Å². The fraction of sp³-hybridized carbons (Fsp3) is 0.467. The molecule has 0 aliphatic rings.